The van der Waals surface area contributed by atoms with Crippen LogP contribution >= 0.6 is 11.3 Å². The van der Waals surface area contributed by atoms with E-state index in [4.69, 9.17) is 15.0 Å². The third kappa shape index (κ3) is 4.72. The average molecular weight is 819 g/mol. The number of thiophene rings is 1. The second-order valence-corrected chi connectivity index (χ2v) is 17.7. The number of aromatic nitrogens is 4. The van der Waals surface area contributed by atoms with E-state index in [1.807, 2.05) is 47.7 Å². The first kappa shape index (κ1) is 34.7. The molecule has 3 aromatic heterocycles. The molecule has 5 heteroatoms. The highest BCUT2D eigenvalue weighted by Gasteiger charge is 2.52. The monoisotopic (exact) mass is 818 g/mol. The van der Waals surface area contributed by atoms with Gasteiger partial charge in [-0.3, -0.25) is 0 Å². The largest absolute Gasteiger partial charge is 0.309 e. The number of nitrogens with zero attached hydrogens (tertiary/aromatic N) is 4. The minimum Gasteiger partial charge on any atom is -0.309 e. The molecular weight excluding hydrogens is 785 g/mol. The molecule has 1 spiro atoms. The van der Waals surface area contributed by atoms with Crippen molar-refractivity contribution in [2.24, 2.45) is 0 Å². The van der Waals surface area contributed by atoms with Gasteiger partial charge in [-0.05, 0) is 69.3 Å². The van der Waals surface area contributed by atoms with Crippen LogP contribution in [0.1, 0.15) is 22.3 Å². The van der Waals surface area contributed by atoms with Crippen molar-refractivity contribution in [2.75, 3.05) is 0 Å². The lowest BCUT2D eigenvalue weighted by molar-refractivity contribution is 0.794. The van der Waals surface area contributed by atoms with E-state index in [-0.39, 0.29) is 0 Å². The van der Waals surface area contributed by atoms with Crippen LogP contribution in [0.4, 0.5) is 0 Å². The first-order valence-electron chi connectivity index (χ1n) is 21.4. The van der Waals surface area contributed by atoms with Gasteiger partial charge in [0.2, 0.25) is 0 Å². The predicted octanol–water partition coefficient (Wildman–Crippen LogP) is 14.7. The van der Waals surface area contributed by atoms with Crippen LogP contribution < -0.4 is 0 Å². The molecule has 0 atom stereocenters. The highest BCUT2D eigenvalue weighted by molar-refractivity contribution is 7.26. The SMILES string of the molecule is c1ccc(-c2nc(-c3ccccc3)nc(-c3cccc4sc5ccc(-n6c7ccccc7c7ccc8c(c76)-c6ccccc6C86c7ccccc7-c7ccccc76)cc5c34)n2)cc1. The summed E-state index contributed by atoms with van der Waals surface area (Å²) < 4.78 is 4.94. The molecule has 3 heterocycles. The fourth-order valence-corrected chi connectivity index (χ4v) is 12.1. The van der Waals surface area contributed by atoms with Crippen molar-refractivity contribution in [3.8, 4) is 62.1 Å². The van der Waals surface area contributed by atoms with E-state index in [2.05, 4.69) is 174 Å². The Kier molecular flexibility index (Phi) is 7.16. The summed E-state index contributed by atoms with van der Waals surface area (Å²) in [5, 5.41) is 4.82. The third-order valence-corrected chi connectivity index (χ3v) is 14.6. The zero-order valence-corrected chi connectivity index (χ0v) is 34.6. The molecule has 292 valence electrons. The second-order valence-electron chi connectivity index (χ2n) is 16.6. The maximum atomic E-state index is 5.19. The lowest BCUT2D eigenvalue weighted by Gasteiger charge is -2.30. The number of para-hydroxylation sites is 1. The van der Waals surface area contributed by atoms with Gasteiger partial charge in [0.25, 0.3) is 0 Å². The zero-order chi connectivity index (χ0) is 41.2. The van der Waals surface area contributed by atoms with Crippen molar-refractivity contribution in [3.63, 3.8) is 0 Å². The molecule has 0 N–H and O–H groups in total. The quantitative estimate of drug-likeness (QED) is 0.178. The fourth-order valence-electron chi connectivity index (χ4n) is 11.0. The maximum absolute atomic E-state index is 5.19. The molecule has 0 amide bonds. The van der Waals surface area contributed by atoms with Crippen LogP contribution in [-0.4, -0.2) is 19.5 Å². The molecule has 2 aliphatic carbocycles. The van der Waals surface area contributed by atoms with Crippen molar-refractivity contribution in [1.29, 1.82) is 0 Å². The average Bonchev–Trinajstić information content (AvgIpc) is 4.08. The van der Waals surface area contributed by atoms with Crippen LogP contribution in [0.2, 0.25) is 0 Å². The Bertz CT molecular complexity index is 3760. The van der Waals surface area contributed by atoms with Crippen LogP contribution in [-0.2, 0) is 5.41 Å². The number of hydrogen-bond donors (Lipinski definition) is 0. The Morgan fingerprint density at radius 3 is 1.65 bits per heavy atom. The van der Waals surface area contributed by atoms with Crippen LogP contribution in [0, 0.1) is 0 Å². The number of rotatable bonds is 4. The van der Waals surface area contributed by atoms with Gasteiger partial charge in [-0.1, -0.05) is 176 Å². The van der Waals surface area contributed by atoms with Gasteiger partial charge in [-0.25, -0.2) is 15.0 Å². The van der Waals surface area contributed by atoms with E-state index >= 15 is 0 Å². The van der Waals surface area contributed by atoms with Gasteiger partial charge in [-0.2, -0.15) is 0 Å². The Balaban J connectivity index is 1.05. The number of fused-ring (bicyclic) bond motifs is 17. The van der Waals surface area contributed by atoms with E-state index in [9.17, 15) is 0 Å². The van der Waals surface area contributed by atoms with Crippen molar-refractivity contribution in [1.82, 2.24) is 19.5 Å². The minimum absolute atomic E-state index is 0.432. The predicted molar refractivity (Wildman–Crippen MR) is 260 cm³/mol. The second kappa shape index (κ2) is 13.0. The van der Waals surface area contributed by atoms with Crippen LogP contribution in [0.25, 0.3) is 104 Å². The van der Waals surface area contributed by atoms with Gasteiger partial charge in [-0.15, -0.1) is 11.3 Å². The summed E-state index contributed by atoms with van der Waals surface area (Å²) in [5.41, 5.74) is 16.6. The van der Waals surface area contributed by atoms with E-state index in [0.717, 1.165) is 27.8 Å². The van der Waals surface area contributed by atoms with Gasteiger partial charge >= 0.3 is 0 Å². The normalized spacial score (nSPS) is 13.2. The summed E-state index contributed by atoms with van der Waals surface area (Å²) in [6, 6.07) is 74.9. The molecule has 12 aromatic rings. The van der Waals surface area contributed by atoms with Crippen molar-refractivity contribution < 1.29 is 0 Å². The summed E-state index contributed by atoms with van der Waals surface area (Å²) in [6.45, 7) is 0. The zero-order valence-electron chi connectivity index (χ0n) is 33.8. The highest BCUT2D eigenvalue weighted by atomic mass is 32.1. The maximum Gasteiger partial charge on any atom is 0.164 e. The van der Waals surface area contributed by atoms with Crippen LogP contribution in [0.3, 0.4) is 0 Å². The molecule has 9 aromatic carbocycles. The van der Waals surface area contributed by atoms with Crippen molar-refractivity contribution in [2.45, 2.75) is 5.41 Å². The summed E-state index contributed by atoms with van der Waals surface area (Å²) in [5.74, 6) is 1.97. The number of hydrogen-bond acceptors (Lipinski definition) is 4. The smallest absolute Gasteiger partial charge is 0.164 e. The third-order valence-electron chi connectivity index (χ3n) is 13.5. The van der Waals surface area contributed by atoms with Crippen molar-refractivity contribution >= 4 is 53.3 Å². The first-order chi connectivity index (χ1) is 31.3. The van der Waals surface area contributed by atoms with Crippen LogP contribution in [0.15, 0.2) is 206 Å². The molecule has 14 rings (SSSR count). The fraction of sp³-hybridized carbons (Fsp3) is 0.0172. The lowest BCUT2D eigenvalue weighted by atomic mass is 9.70. The molecule has 63 heavy (non-hydrogen) atoms. The molecule has 0 unspecified atom stereocenters. The molecule has 0 saturated carbocycles. The van der Waals surface area contributed by atoms with E-state index in [0.29, 0.717) is 17.5 Å². The Morgan fingerprint density at radius 1 is 0.381 bits per heavy atom. The van der Waals surface area contributed by atoms with Gasteiger partial charge in [0, 0.05) is 58.9 Å². The minimum atomic E-state index is -0.432. The topological polar surface area (TPSA) is 43.6 Å². The summed E-state index contributed by atoms with van der Waals surface area (Å²) in [7, 11) is 0. The van der Waals surface area contributed by atoms with Gasteiger partial charge in [0.15, 0.2) is 17.5 Å². The summed E-state index contributed by atoms with van der Waals surface area (Å²) in [4.78, 5) is 15.4. The number of benzene rings is 9. The summed E-state index contributed by atoms with van der Waals surface area (Å²) in [6.07, 6.45) is 0. The van der Waals surface area contributed by atoms with Crippen molar-refractivity contribution in [3.05, 3.63) is 229 Å². The molecule has 2 aliphatic rings. The van der Waals surface area contributed by atoms with Gasteiger partial charge < -0.3 is 4.57 Å². The molecule has 0 bridgehead atoms. The lowest BCUT2D eigenvalue weighted by Crippen LogP contribution is -2.25. The molecule has 0 radical (unpaired) electrons. The molecular formula is C58H34N4S. The standard InChI is InChI=1S/C58H34N4S/c1-3-16-35(17-4-1)55-59-56(36-18-5-2-6-19-36)61-57(60-55)43-24-15-29-51-52(43)44-34-37(30-33-50(44)63-51)62-49-28-14-10-22-40(49)41-31-32-48-53(54(41)62)42-23-9-13-27-47(42)58(48)45-25-11-7-20-38(45)39-21-8-12-26-46(39)58/h1-34H. The Hall–Kier alpha value is -7.99. The van der Waals surface area contributed by atoms with Gasteiger partial charge in [0.1, 0.15) is 0 Å². The molecule has 0 fully saturated rings. The highest BCUT2D eigenvalue weighted by Crippen LogP contribution is 2.64. The van der Waals surface area contributed by atoms with E-state index < -0.39 is 5.41 Å². The van der Waals surface area contributed by atoms with Crippen LogP contribution in [0.5, 0.6) is 0 Å². The van der Waals surface area contributed by atoms with Gasteiger partial charge in [0.05, 0.1) is 16.4 Å². The molecule has 0 aliphatic heterocycles. The molecule has 4 nitrogen and oxygen atoms in total. The first-order valence-corrected chi connectivity index (χ1v) is 22.3. The Labute approximate surface area is 367 Å². The summed E-state index contributed by atoms with van der Waals surface area (Å²) >= 11 is 1.81. The van der Waals surface area contributed by atoms with E-state index in [1.54, 1.807) is 0 Å². The molecule has 0 saturated heterocycles. The van der Waals surface area contributed by atoms with E-state index in [1.165, 1.54) is 81.1 Å². The Morgan fingerprint density at radius 2 is 0.952 bits per heavy atom.